The molecule has 2 aromatic heterocycles. The van der Waals surface area contributed by atoms with Crippen LogP contribution in [0.1, 0.15) is 13.8 Å². The molecular formula is C22H20N4O6. The largest absolute Gasteiger partial charge is 0.504 e. The normalized spacial score (nSPS) is 11.9. The zero-order valence-corrected chi connectivity index (χ0v) is 17.2. The number of ether oxygens (including phenoxy) is 2. The van der Waals surface area contributed by atoms with Crippen molar-refractivity contribution in [3.05, 3.63) is 53.1 Å². The van der Waals surface area contributed by atoms with Gasteiger partial charge < -0.3 is 29.7 Å². The number of hydrogen-bond donors (Lipinski definition) is 4. The maximum absolute atomic E-state index is 12.3. The summed E-state index contributed by atoms with van der Waals surface area (Å²) in [5.41, 5.74) is 2.20. The quantitative estimate of drug-likeness (QED) is 0.345. The summed E-state index contributed by atoms with van der Waals surface area (Å²) in [4.78, 5) is 37.3. The number of H-pyrrole nitrogens is 2. The third-order valence-corrected chi connectivity index (χ3v) is 4.77. The molecule has 2 aromatic carbocycles. The van der Waals surface area contributed by atoms with Gasteiger partial charge in [-0.2, -0.15) is 0 Å². The molecule has 10 heteroatoms. The fraction of sp³-hybridized carbons (Fsp3) is 0.182. The maximum atomic E-state index is 12.3. The summed E-state index contributed by atoms with van der Waals surface area (Å²) in [5.74, 6) is -0.449. The lowest BCUT2D eigenvalue weighted by Crippen LogP contribution is -2.22. The molecule has 0 saturated carbocycles. The van der Waals surface area contributed by atoms with E-state index in [0.717, 1.165) is 5.56 Å². The van der Waals surface area contributed by atoms with E-state index in [0.29, 0.717) is 35.0 Å². The molecule has 4 N–H and O–H groups in total. The Bertz CT molecular complexity index is 1360. The third-order valence-electron chi connectivity index (χ3n) is 4.77. The van der Waals surface area contributed by atoms with E-state index in [1.54, 1.807) is 30.3 Å². The van der Waals surface area contributed by atoms with E-state index in [2.05, 4.69) is 19.9 Å². The third kappa shape index (κ3) is 3.97. The Hall–Kier alpha value is -4.34. The van der Waals surface area contributed by atoms with Crippen molar-refractivity contribution in [2.24, 2.45) is 0 Å². The molecule has 0 radical (unpaired) electrons. The fourth-order valence-electron chi connectivity index (χ4n) is 3.17. The van der Waals surface area contributed by atoms with Crippen LogP contribution in [0.25, 0.3) is 33.7 Å². The minimum Gasteiger partial charge on any atom is -0.504 e. The molecule has 1 unspecified atom stereocenters. The molecule has 0 aliphatic heterocycles. The van der Waals surface area contributed by atoms with Crippen molar-refractivity contribution in [1.29, 1.82) is 0 Å². The number of carbonyl (C=O) groups is 1. The number of hydrogen-bond acceptors (Lipinski definition) is 7. The molecule has 4 rings (SSSR count). The minimum absolute atomic E-state index is 0.0510. The summed E-state index contributed by atoms with van der Waals surface area (Å²) >= 11 is 0. The average molecular weight is 436 g/mol. The molecule has 0 aliphatic carbocycles. The van der Waals surface area contributed by atoms with Gasteiger partial charge in [-0.15, -0.1) is 0 Å². The molecule has 0 bridgehead atoms. The first-order valence-corrected chi connectivity index (χ1v) is 9.80. The molecule has 1 atom stereocenters. The number of fused-ring (bicyclic) bond motifs is 1. The second kappa shape index (κ2) is 8.42. The van der Waals surface area contributed by atoms with E-state index >= 15 is 0 Å². The first kappa shape index (κ1) is 20.9. The highest BCUT2D eigenvalue weighted by molar-refractivity contribution is 5.78. The van der Waals surface area contributed by atoms with Crippen molar-refractivity contribution in [1.82, 2.24) is 19.9 Å². The predicted octanol–water partition coefficient (Wildman–Crippen LogP) is 2.94. The van der Waals surface area contributed by atoms with E-state index in [-0.39, 0.29) is 22.6 Å². The summed E-state index contributed by atoms with van der Waals surface area (Å²) in [6, 6.07) is 9.98. The molecule has 0 saturated heterocycles. The van der Waals surface area contributed by atoms with Gasteiger partial charge in [0.25, 0.3) is 5.56 Å². The molecule has 164 valence electrons. The second-order valence-corrected chi connectivity index (χ2v) is 6.94. The molecule has 2 heterocycles. The van der Waals surface area contributed by atoms with E-state index in [1.807, 2.05) is 6.92 Å². The lowest BCUT2D eigenvalue weighted by Gasteiger charge is -2.15. The number of aliphatic carboxylic acids is 1. The van der Waals surface area contributed by atoms with Gasteiger partial charge in [0, 0.05) is 0 Å². The van der Waals surface area contributed by atoms with E-state index in [1.165, 1.54) is 19.3 Å². The van der Waals surface area contributed by atoms with Crippen LogP contribution < -0.4 is 15.0 Å². The Kier molecular flexibility index (Phi) is 5.50. The number of aromatic nitrogens is 4. The smallest absolute Gasteiger partial charge is 0.344 e. The number of carboxylic acids is 1. The van der Waals surface area contributed by atoms with Crippen molar-refractivity contribution in [2.45, 2.75) is 20.0 Å². The molecule has 10 nitrogen and oxygen atoms in total. The molecule has 0 aliphatic rings. The number of phenolic OH excluding ortho intramolecular Hbond substituents is 1. The van der Waals surface area contributed by atoms with Crippen LogP contribution in [0.5, 0.6) is 17.2 Å². The number of aromatic hydroxyl groups is 1. The van der Waals surface area contributed by atoms with Gasteiger partial charge in [0.2, 0.25) is 0 Å². The van der Waals surface area contributed by atoms with E-state index in [4.69, 9.17) is 14.6 Å². The Labute approximate surface area is 181 Å². The van der Waals surface area contributed by atoms with Crippen molar-refractivity contribution in [3.63, 3.8) is 0 Å². The Morgan fingerprint density at radius 2 is 1.88 bits per heavy atom. The summed E-state index contributed by atoms with van der Waals surface area (Å²) in [5, 5.41) is 19.1. The number of phenols is 1. The SMILES string of the molecule is CCOc1cc(-c2ccc(O)c(OC(C)C(=O)O)c2)ccc1-c1nc2[nH]cnc2c(=O)[nH]1. The van der Waals surface area contributed by atoms with Crippen LogP contribution in [0.2, 0.25) is 0 Å². The van der Waals surface area contributed by atoms with Crippen LogP contribution in [-0.4, -0.2) is 48.8 Å². The van der Waals surface area contributed by atoms with Crippen molar-refractivity contribution >= 4 is 17.1 Å². The highest BCUT2D eigenvalue weighted by Crippen LogP contribution is 2.36. The second-order valence-electron chi connectivity index (χ2n) is 6.94. The van der Waals surface area contributed by atoms with Crippen LogP contribution in [0, 0.1) is 0 Å². The number of imidazole rings is 1. The molecule has 32 heavy (non-hydrogen) atoms. The van der Waals surface area contributed by atoms with Gasteiger partial charge in [-0.3, -0.25) is 4.79 Å². The lowest BCUT2D eigenvalue weighted by atomic mass is 10.0. The number of carboxylic acid groups (broad SMARTS) is 1. The Morgan fingerprint density at radius 1 is 1.16 bits per heavy atom. The predicted molar refractivity (Wildman–Crippen MR) is 116 cm³/mol. The number of nitrogens with one attached hydrogen (secondary N) is 2. The highest BCUT2D eigenvalue weighted by atomic mass is 16.5. The topological polar surface area (TPSA) is 150 Å². The number of benzene rings is 2. The first-order valence-electron chi connectivity index (χ1n) is 9.80. The summed E-state index contributed by atoms with van der Waals surface area (Å²) in [6.45, 7) is 3.60. The fourth-order valence-corrected chi connectivity index (χ4v) is 3.17. The molecule has 4 aromatic rings. The summed E-state index contributed by atoms with van der Waals surface area (Å²) in [7, 11) is 0. The highest BCUT2D eigenvalue weighted by Gasteiger charge is 2.17. The number of nitrogens with zero attached hydrogens (tertiary/aromatic N) is 2. The molecule has 0 fully saturated rings. The molecular weight excluding hydrogens is 416 g/mol. The van der Waals surface area contributed by atoms with Gasteiger partial charge in [0.1, 0.15) is 11.6 Å². The molecule has 0 spiro atoms. The van der Waals surface area contributed by atoms with E-state index in [9.17, 15) is 14.7 Å². The Morgan fingerprint density at radius 3 is 2.59 bits per heavy atom. The molecule has 0 amide bonds. The number of rotatable bonds is 7. The van der Waals surface area contributed by atoms with Crippen LogP contribution in [0.15, 0.2) is 47.5 Å². The minimum atomic E-state index is -1.14. The summed E-state index contributed by atoms with van der Waals surface area (Å²) in [6.07, 6.45) is 0.275. The van der Waals surface area contributed by atoms with Crippen LogP contribution in [-0.2, 0) is 4.79 Å². The van der Waals surface area contributed by atoms with Crippen molar-refractivity contribution in [3.8, 4) is 39.8 Å². The van der Waals surface area contributed by atoms with Crippen LogP contribution >= 0.6 is 0 Å². The van der Waals surface area contributed by atoms with Gasteiger partial charge in [0.15, 0.2) is 28.8 Å². The van der Waals surface area contributed by atoms with Gasteiger partial charge in [-0.05, 0) is 49.2 Å². The zero-order valence-electron chi connectivity index (χ0n) is 17.2. The average Bonchev–Trinajstić information content (AvgIpc) is 3.25. The lowest BCUT2D eigenvalue weighted by molar-refractivity contribution is -0.144. The van der Waals surface area contributed by atoms with Gasteiger partial charge in [-0.1, -0.05) is 12.1 Å². The first-order chi connectivity index (χ1) is 15.4. The summed E-state index contributed by atoms with van der Waals surface area (Å²) < 4.78 is 11.1. The van der Waals surface area contributed by atoms with Crippen LogP contribution in [0.4, 0.5) is 0 Å². The van der Waals surface area contributed by atoms with Crippen molar-refractivity contribution < 1.29 is 24.5 Å². The zero-order chi connectivity index (χ0) is 22.8. The maximum Gasteiger partial charge on any atom is 0.344 e. The van der Waals surface area contributed by atoms with Crippen molar-refractivity contribution in [2.75, 3.05) is 6.61 Å². The van der Waals surface area contributed by atoms with Crippen LogP contribution in [0.3, 0.4) is 0 Å². The number of aromatic amines is 2. The van der Waals surface area contributed by atoms with E-state index < -0.39 is 12.1 Å². The standard InChI is InChI=1S/C22H20N4O6/c1-3-31-16-8-12(13-5-7-15(27)17(9-13)32-11(2)22(29)30)4-6-14(16)19-25-20-18(21(28)26-19)23-10-24-20/h4-11,27H,3H2,1-2H3,(H,29,30)(H2,23,24,25,26,28). The Balaban J connectivity index is 1.76. The van der Waals surface area contributed by atoms with Gasteiger partial charge >= 0.3 is 5.97 Å². The van der Waals surface area contributed by atoms with Gasteiger partial charge in [0.05, 0.1) is 18.5 Å². The monoisotopic (exact) mass is 436 g/mol. The van der Waals surface area contributed by atoms with Gasteiger partial charge in [-0.25, -0.2) is 14.8 Å².